The van der Waals surface area contributed by atoms with Crippen LogP contribution in [0.3, 0.4) is 0 Å². The molecule has 0 amide bonds. The maximum absolute atomic E-state index is 12.4. The molecule has 0 bridgehead atoms. The highest BCUT2D eigenvalue weighted by molar-refractivity contribution is 6.10. The lowest BCUT2D eigenvalue weighted by Gasteiger charge is -2.23. The molecule has 43 heavy (non-hydrogen) atoms. The van der Waals surface area contributed by atoms with Crippen LogP contribution >= 0.6 is 0 Å². The molecule has 0 aromatic heterocycles. The van der Waals surface area contributed by atoms with Crippen LogP contribution in [0.5, 0.6) is 23.0 Å². The van der Waals surface area contributed by atoms with Gasteiger partial charge in [0.1, 0.15) is 0 Å². The summed E-state index contributed by atoms with van der Waals surface area (Å²) in [7, 11) is 16.1. The highest BCUT2D eigenvalue weighted by Crippen LogP contribution is 2.30. The highest BCUT2D eigenvalue weighted by atomic mass is 35.5. The Hall–Kier alpha value is -3.04. The van der Waals surface area contributed by atoms with E-state index in [1.165, 1.54) is 12.2 Å². The van der Waals surface area contributed by atoms with E-state index in [-0.39, 0.29) is 42.8 Å². The first-order valence-corrected chi connectivity index (χ1v) is 13.9. The number of allylic oxidation sites excluding steroid dienone is 2. The predicted molar refractivity (Wildman–Crippen MR) is 165 cm³/mol. The number of halogens is 2. The molecule has 2 aromatic rings. The molecule has 0 saturated heterocycles. The Morgan fingerprint density at radius 3 is 1.33 bits per heavy atom. The molecule has 0 aliphatic carbocycles. The third-order valence-electron chi connectivity index (χ3n) is 6.11. The topological polar surface area (TPSA) is 71.1 Å². The largest absolute Gasteiger partial charge is 1.00 e. The monoisotopic (exact) mass is 638 g/mol. The van der Waals surface area contributed by atoms with Crippen molar-refractivity contribution in [3.8, 4) is 23.0 Å². The van der Waals surface area contributed by atoms with E-state index in [0.29, 0.717) is 36.2 Å². The minimum atomic E-state index is -0.283. The van der Waals surface area contributed by atoms with Crippen molar-refractivity contribution in [1.82, 2.24) is 0 Å². The van der Waals surface area contributed by atoms with Gasteiger partial charge >= 0.3 is 0 Å². The molecule has 2 aromatic carbocycles. The van der Waals surface area contributed by atoms with Gasteiger partial charge in [0.15, 0.2) is 34.6 Å². The molecular formula is C33H48Cl2N2O6. The van der Waals surface area contributed by atoms with Crippen molar-refractivity contribution < 1.29 is 62.3 Å². The number of methoxy groups -OCH3 is 2. The van der Waals surface area contributed by atoms with Crippen molar-refractivity contribution in [3.05, 3.63) is 59.7 Å². The van der Waals surface area contributed by atoms with Gasteiger partial charge in [-0.2, -0.15) is 0 Å². The molecule has 2 rings (SSSR count). The molecule has 0 fully saturated rings. The second kappa shape index (κ2) is 19.3. The van der Waals surface area contributed by atoms with Crippen LogP contribution in [0.15, 0.2) is 48.6 Å². The Balaban J connectivity index is 0.00000882. The molecule has 10 heteroatoms. The number of hydrogen-bond acceptors (Lipinski definition) is 6. The standard InChI is InChI=1S/C33H48N2O6.2ClH/c1-34(2,3)19-9-21-40-30-17-13-26(23-32(30)38-7)11-15-28(36)25-29(37)16-12-27-14-18-31(33(24-27)39-8)41-22-10-20-35(4,5)6;;/h11-18,23-24H,9-10,19-22,25H2,1-8H3;2*1H/q+2;;/p-2/b15-11+,16-12+;;. The fraction of sp³-hybridized carbons (Fsp3) is 0.455. The Bertz CT molecular complexity index is 1120. The number of nitrogens with zero attached hydrogens (tertiary/aromatic N) is 2. The zero-order valence-corrected chi connectivity index (χ0v) is 28.3. The first-order valence-electron chi connectivity index (χ1n) is 13.9. The summed E-state index contributed by atoms with van der Waals surface area (Å²) < 4.78 is 24.4. The van der Waals surface area contributed by atoms with Gasteiger partial charge in [0, 0.05) is 12.8 Å². The fourth-order valence-electron chi connectivity index (χ4n) is 3.92. The van der Waals surface area contributed by atoms with Crippen LogP contribution in [-0.4, -0.2) is 103 Å². The van der Waals surface area contributed by atoms with E-state index in [0.717, 1.165) is 46.0 Å². The van der Waals surface area contributed by atoms with Crippen molar-refractivity contribution >= 4 is 23.7 Å². The maximum atomic E-state index is 12.4. The summed E-state index contributed by atoms with van der Waals surface area (Å²) >= 11 is 0. The lowest BCUT2D eigenvalue weighted by molar-refractivity contribution is -0.870. The van der Waals surface area contributed by atoms with Crippen LogP contribution in [0.1, 0.15) is 30.4 Å². The number of carbonyl (C=O) groups excluding carboxylic acids is 2. The van der Waals surface area contributed by atoms with Crippen LogP contribution in [0, 0.1) is 0 Å². The van der Waals surface area contributed by atoms with Gasteiger partial charge in [-0.15, -0.1) is 0 Å². The molecule has 8 nitrogen and oxygen atoms in total. The predicted octanol–water partition coefficient (Wildman–Crippen LogP) is -1.08. The summed E-state index contributed by atoms with van der Waals surface area (Å²) in [5.74, 6) is 1.95. The molecule has 0 unspecified atom stereocenters. The fourth-order valence-corrected chi connectivity index (χ4v) is 3.92. The van der Waals surface area contributed by atoms with Gasteiger partial charge in [0.25, 0.3) is 0 Å². The molecule has 0 N–H and O–H groups in total. The first-order chi connectivity index (χ1) is 19.3. The van der Waals surface area contributed by atoms with E-state index in [1.807, 2.05) is 36.4 Å². The van der Waals surface area contributed by atoms with Gasteiger partial charge in [0.05, 0.1) is 89.2 Å². The van der Waals surface area contributed by atoms with Gasteiger partial charge in [-0.05, 0) is 47.5 Å². The molecule has 0 aliphatic heterocycles. The second-order valence-corrected chi connectivity index (χ2v) is 12.0. The third kappa shape index (κ3) is 16.4. The number of hydrogen-bond donors (Lipinski definition) is 0. The molecular weight excluding hydrogens is 591 g/mol. The van der Waals surface area contributed by atoms with E-state index < -0.39 is 0 Å². The molecule has 0 heterocycles. The van der Waals surface area contributed by atoms with Crippen LogP contribution in [-0.2, 0) is 9.59 Å². The van der Waals surface area contributed by atoms with Gasteiger partial charge in [-0.25, -0.2) is 0 Å². The van der Waals surface area contributed by atoms with Gasteiger partial charge in [-0.3, -0.25) is 9.59 Å². The van der Waals surface area contributed by atoms with Crippen molar-refractivity contribution in [3.63, 3.8) is 0 Å². The summed E-state index contributed by atoms with van der Waals surface area (Å²) in [4.78, 5) is 24.8. The van der Waals surface area contributed by atoms with Gasteiger partial charge < -0.3 is 52.7 Å². The van der Waals surface area contributed by atoms with Crippen LogP contribution < -0.4 is 43.8 Å². The number of ether oxygens (including phenoxy) is 4. The Kier molecular flexibility index (Phi) is 17.9. The Labute approximate surface area is 270 Å². The number of carbonyl (C=O) groups is 2. The average Bonchev–Trinajstić information content (AvgIpc) is 2.90. The zero-order chi connectivity index (χ0) is 30.5. The Morgan fingerprint density at radius 2 is 1.00 bits per heavy atom. The van der Waals surface area contributed by atoms with Gasteiger partial charge in [-0.1, -0.05) is 24.3 Å². The molecule has 0 radical (unpaired) electrons. The second-order valence-electron chi connectivity index (χ2n) is 12.0. The van der Waals surface area contributed by atoms with Crippen LogP contribution in [0.2, 0.25) is 0 Å². The number of quaternary nitrogens is 2. The SMILES string of the molecule is COc1cc(/C=C/C(=O)CC(=O)/C=C/c2ccc(OCCC[N+](C)(C)C)c(OC)c2)ccc1OCCC[N+](C)(C)C.[Cl-].[Cl-]. The minimum Gasteiger partial charge on any atom is -1.00 e. The number of benzene rings is 2. The van der Waals surface area contributed by atoms with Crippen LogP contribution in [0.25, 0.3) is 12.2 Å². The smallest absolute Gasteiger partial charge is 0.163 e. The van der Waals surface area contributed by atoms with Gasteiger partial charge in [0.2, 0.25) is 0 Å². The van der Waals surface area contributed by atoms with E-state index in [2.05, 4.69) is 42.3 Å². The van der Waals surface area contributed by atoms with Crippen molar-refractivity contribution in [1.29, 1.82) is 0 Å². The molecule has 0 atom stereocenters. The highest BCUT2D eigenvalue weighted by Gasteiger charge is 2.11. The van der Waals surface area contributed by atoms with Crippen LogP contribution in [0.4, 0.5) is 0 Å². The minimum absolute atomic E-state index is 0. The summed E-state index contributed by atoms with van der Waals surface area (Å²) in [6, 6.07) is 11.0. The summed E-state index contributed by atoms with van der Waals surface area (Å²) in [5.41, 5.74) is 1.56. The summed E-state index contributed by atoms with van der Waals surface area (Å²) in [6.07, 6.45) is 7.81. The van der Waals surface area contributed by atoms with E-state index in [9.17, 15) is 9.59 Å². The Morgan fingerprint density at radius 1 is 0.628 bits per heavy atom. The van der Waals surface area contributed by atoms with Crippen molar-refractivity contribution in [2.24, 2.45) is 0 Å². The summed E-state index contributed by atoms with van der Waals surface area (Å²) in [6.45, 7) is 3.20. The maximum Gasteiger partial charge on any atom is 0.163 e. The molecule has 0 spiro atoms. The number of ketones is 2. The van der Waals surface area contributed by atoms with E-state index in [1.54, 1.807) is 26.4 Å². The molecule has 240 valence electrons. The molecule has 0 aliphatic rings. The van der Waals surface area contributed by atoms with Crippen molar-refractivity contribution in [2.75, 3.05) is 82.8 Å². The van der Waals surface area contributed by atoms with Crippen molar-refractivity contribution in [2.45, 2.75) is 19.3 Å². The zero-order valence-electron chi connectivity index (χ0n) is 26.8. The van der Waals surface area contributed by atoms with E-state index in [4.69, 9.17) is 18.9 Å². The first kappa shape index (κ1) is 40.0. The normalized spacial score (nSPS) is 11.5. The molecule has 0 saturated carbocycles. The number of rotatable bonds is 18. The quantitative estimate of drug-likeness (QED) is 0.0896. The third-order valence-corrected chi connectivity index (χ3v) is 6.11. The average molecular weight is 640 g/mol. The van der Waals surface area contributed by atoms with E-state index >= 15 is 0 Å². The lowest BCUT2D eigenvalue weighted by Crippen LogP contribution is -3.00. The summed E-state index contributed by atoms with van der Waals surface area (Å²) in [5, 5.41) is 0. The lowest BCUT2D eigenvalue weighted by atomic mass is 10.1.